The third kappa shape index (κ3) is 2.52. The summed E-state index contributed by atoms with van der Waals surface area (Å²) in [4.78, 5) is 1.34. The number of benzene rings is 1. The first-order valence-electron chi connectivity index (χ1n) is 5.35. The van der Waals surface area contributed by atoms with Crippen molar-refractivity contribution in [2.24, 2.45) is 0 Å². The molecule has 0 radical (unpaired) electrons. The number of quaternary nitrogens is 2. The highest BCUT2D eigenvalue weighted by Crippen LogP contribution is 2.09. The van der Waals surface area contributed by atoms with E-state index in [0.29, 0.717) is 12.1 Å². The van der Waals surface area contributed by atoms with Gasteiger partial charge in [-0.1, -0.05) is 12.1 Å². The molecule has 0 amide bonds. The Hall–Kier alpha value is -1.00. The fourth-order valence-corrected chi connectivity index (χ4v) is 2.01. The molecule has 0 spiro atoms. The molecule has 1 aromatic rings. The minimum atomic E-state index is -0.740. The number of hydrogen-bond donors (Lipinski definition) is 2. The zero-order valence-corrected chi connectivity index (χ0v) is 8.60. The monoisotopic (exact) mass is 214 g/mol. The molecule has 0 aliphatic carbocycles. The van der Waals surface area contributed by atoms with Gasteiger partial charge in [0.1, 0.15) is 32.7 Å². The van der Waals surface area contributed by atoms with Gasteiger partial charge in [0.2, 0.25) is 0 Å². The quantitative estimate of drug-likeness (QED) is 0.625. The van der Waals surface area contributed by atoms with Crippen molar-refractivity contribution >= 4 is 0 Å². The molecule has 15 heavy (non-hydrogen) atoms. The molecule has 1 heterocycles. The van der Waals surface area contributed by atoms with Crippen LogP contribution in [0.2, 0.25) is 0 Å². The molecule has 1 aromatic carbocycles. The van der Waals surface area contributed by atoms with E-state index in [-0.39, 0.29) is 0 Å². The number of rotatable bonds is 2. The maximum absolute atomic E-state index is 13.4. The minimum Gasteiger partial charge on any atom is -0.337 e. The number of halogens is 2. The van der Waals surface area contributed by atoms with Crippen molar-refractivity contribution in [3.8, 4) is 0 Å². The van der Waals surface area contributed by atoms with E-state index in [0.717, 1.165) is 32.2 Å². The summed E-state index contributed by atoms with van der Waals surface area (Å²) in [5.41, 5.74) is 0.493. The highest BCUT2D eigenvalue weighted by Gasteiger charge is 2.18. The van der Waals surface area contributed by atoms with Crippen LogP contribution in [-0.4, -0.2) is 26.2 Å². The van der Waals surface area contributed by atoms with Crippen molar-refractivity contribution in [3.05, 3.63) is 35.4 Å². The van der Waals surface area contributed by atoms with E-state index in [4.69, 9.17) is 0 Å². The molecule has 0 atom stereocenters. The van der Waals surface area contributed by atoms with Crippen LogP contribution >= 0.6 is 0 Å². The predicted octanol–water partition coefficient (Wildman–Crippen LogP) is -1.07. The maximum atomic E-state index is 13.4. The predicted molar refractivity (Wildman–Crippen MR) is 52.4 cm³/mol. The summed E-state index contributed by atoms with van der Waals surface area (Å²) < 4.78 is 26.3. The first-order chi connectivity index (χ1) is 7.27. The van der Waals surface area contributed by atoms with E-state index >= 15 is 0 Å². The number of nitrogens with two attached hydrogens (primary N) is 1. The Morgan fingerprint density at radius 3 is 2.67 bits per heavy atom. The van der Waals surface area contributed by atoms with Crippen molar-refractivity contribution < 1.29 is 19.0 Å². The summed E-state index contributed by atoms with van der Waals surface area (Å²) in [7, 11) is 0. The molecule has 4 heteroatoms. The second kappa shape index (κ2) is 4.68. The lowest BCUT2D eigenvalue weighted by molar-refractivity contribution is -0.958. The lowest BCUT2D eigenvalue weighted by Crippen LogP contribution is -3.19. The van der Waals surface area contributed by atoms with Crippen LogP contribution in [-0.2, 0) is 6.54 Å². The number of hydrogen-bond acceptors (Lipinski definition) is 0. The third-order valence-electron chi connectivity index (χ3n) is 2.88. The highest BCUT2D eigenvalue weighted by atomic mass is 19.2. The fraction of sp³-hybridized carbons (Fsp3) is 0.455. The van der Waals surface area contributed by atoms with Crippen LogP contribution in [0.1, 0.15) is 5.56 Å². The normalized spacial score (nSPS) is 18.0. The SMILES string of the molecule is Fc1cccc(C[NH+]2CC[NH2+]CC2)c1F. The smallest absolute Gasteiger partial charge is 0.167 e. The third-order valence-corrected chi connectivity index (χ3v) is 2.88. The summed E-state index contributed by atoms with van der Waals surface area (Å²) in [6, 6.07) is 4.41. The van der Waals surface area contributed by atoms with Crippen LogP contribution in [0.4, 0.5) is 8.78 Å². The van der Waals surface area contributed by atoms with Gasteiger partial charge in [-0.2, -0.15) is 0 Å². The summed E-state index contributed by atoms with van der Waals surface area (Å²) in [6.07, 6.45) is 0. The van der Waals surface area contributed by atoms with Gasteiger partial charge >= 0.3 is 0 Å². The van der Waals surface area contributed by atoms with Gasteiger partial charge < -0.3 is 10.2 Å². The molecule has 0 bridgehead atoms. The van der Waals surface area contributed by atoms with Gasteiger partial charge in [-0.3, -0.25) is 0 Å². The van der Waals surface area contributed by atoms with E-state index < -0.39 is 11.6 Å². The Balaban J connectivity index is 2.06. The second-order valence-electron chi connectivity index (χ2n) is 4.01. The lowest BCUT2D eigenvalue weighted by atomic mass is 10.2. The van der Waals surface area contributed by atoms with Crippen molar-refractivity contribution in [1.29, 1.82) is 0 Å². The molecule has 2 rings (SSSR count). The topological polar surface area (TPSA) is 21.1 Å². The summed E-state index contributed by atoms with van der Waals surface area (Å²) in [5.74, 6) is -1.42. The maximum Gasteiger partial charge on any atom is 0.167 e. The molecule has 0 saturated carbocycles. The van der Waals surface area contributed by atoms with Gasteiger partial charge in [0.25, 0.3) is 0 Å². The Morgan fingerprint density at radius 1 is 1.20 bits per heavy atom. The molecule has 1 aliphatic rings. The van der Waals surface area contributed by atoms with Crippen molar-refractivity contribution in [3.63, 3.8) is 0 Å². The van der Waals surface area contributed by atoms with Crippen LogP contribution < -0.4 is 10.2 Å². The van der Waals surface area contributed by atoms with E-state index in [1.165, 1.54) is 4.90 Å². The summed E-state index contributed by atoms with van der Waals surface area (Å²) in [6.45, 7) is 4.79. The molecule has 0 unspecified atom stereocenters. The fourth-order valence-electron chi connectivity index (χ4n) is 2.01. The molecule has 1 aliphatic heterocycles. The van der Waals surface area contributed by atoms with Gasteiger partial charge in [0.15, 0.2) is 11.6 Å². The van der Waals surface area contributed by atoms with Crippen LogP contribution in [0.15, 0.2) is 18.2 Å². The first kappa shape index (κ1) is 10.5. The van der Waals surface area contributed by atoms with E-state index in [9.17, 15) is 8.78 Å². The van der Waals surface area contributed by atoms with E-state index in [1.54, 1.807) is 12.1 Å². The van der Waals surface area contributed by atoms with Crippen LogP contribution in [0, 0.1) is 11.6 Å². The summed E-state index contributed by atoms with van der Waals surface area (Å²) >= 11 is 0. The zero-order chi connectivity index (χ0) is 10.7. The number of nitrogens with one attached hydrogen (secondary N) is 1. The van der Waals surface area contributed by atoms with Crippen molar-refractivity contribution in [1.82, 2.24) is 0 Å². The molecule has 1 saturated heterocycles. The van der Waals surface area contributed by atoms with Crippen LogP contribution in [0.5, 0.6) is 0 Å². The minimum absolute atomic E-state index is 0.493. The van der Waals surface area contributed by atoms with Crippen LogP contribution in [0.3, 0.4) is 0 Å². The largest absolute Gasteiger partial charge is 0.337 e. The van der Waals surface area contributed by atoms with E-state index in [1.807, 2.05) is 0 Å². The molecule has 2 nitrogen and oxygen atoms in total. The average Bonchev–Trinajstić information content (AvgIpc) is 2.26. The Bertz CT molecular complexity index is 335. The lowest BCUT2D eigenvalue weighted by Gasteiger charge is -2.22. The first-order valence-corrected chi connectivity index (χ1v) is 5.35. The van der Waals surface area contributed by atoms with Gasteiger partial charge in [-0.15, -0.1) is 0 Å². The Morgan fingerprint density at radius 2 is 1.93 bits per heavy atom. The molecular formula is C11H16F2N2+2. The Labute approximate surface area is 87.9 Å². The molecule has 82 valence electrons. The van der Waals surface area contributed by atoms with Crippen molar-refractivity contribution in [2.45, 2.75) is 6.54 Å². The van der Waals surface area contributed by atoms with Gasteiger partial charge in [0.05, 0.1) is 0 Å². The van der Waals surface area contributed by atoms with Gasteiger partial charge in [-0.25, -0.2) is 8.78 Å². The van der Waals surface area contributed by atoms with Gasteiger partial charge in [-0.05, 0) is 6.07 Å². The van der Waals surface area contributed by atoms with Gasteiger partial charge in [0, 0.05) is 5.56 Å². The van der Waals surface area contributed by atoms with E-state index in [2.05, 4.69) is 5.32 Å². The second-order valence-corrected chi connectivity index (χ2v) is 4.01. The van der Waals surface area contributed by atoms with Crippen LogP contribution in [0.25, 0.3) is 0 Å². The summed E-state index contributed by atoms with van der Waals surface area (Å²) in [5, 5.41) is 2.26. The zero-order valence-electron chi connectivity index (χ0n) is 8.60. The number of piperazine rings is 1. The molecule has 3 N–H and O–H groups in total. The Kier molecular flexibility index (Phi) is 3.28. The van der Waals surface area contributed by atoms with Crippen molar-refractivity contribution in [2.75, 3.05) is 26.2 Å². The molecule has 0 aromatic heterocycles. The average molecular weight is 214 g/mol. The standard InChI is InChI=1S/C11H14F2N2/c12-10-3-1-2-9(11(10)13)8-15-6-4-14-5-7-15/h1-3,14H,4-8H2/p+2. The molecular weight excluding hydrogens is 198 g/mol. The molecule has 1 fully saturated rings. The highest BCUT2D eigenvalue weighted by molar-refractivity contribution is 5.17.